The van der Waals surface area contributed by atoms with Crippen LogP contribution >= 0.6 is 0 Å². The van der Waals surface area contributed by atoms with Gasteiger partial charge >= 0.3 is 5.97 Å². The normalized spacial score (nSPS) is 25.4. The maximum atomic E-state index is 11.9. The second kappa shape index (κ2) is 5.28. The Kier molecular flexibility index (Phi) is 3.48. The summed E-state index contributed by atoms with van der Waals surface area (Å²) in [6, 6.07) is 1.93. The van der Waals surface area contributed by atoms with Gasteiger partial charge in [-0.05, 0) is 25.3 Å². The third kappa shape index (κ3) is 2.20. The first-order valence-electron chi connectivity index (χ1n) is 6.93. The van der Waals surface area contributed by atoms with Crippen LogP contribution in [-0.4, -0.2) is 43.4 Å². The third-order valence-electron chi connectivity index (χ3n) is 4.05. The maximum absolute atomic E-state index is 11.9. The predicted octanol–water partition coefficient (Wildman–Crippen LogP) is 1.21. The number of ether oxygens (including phenoxy) is 2. The Morgan fingerprint density at radius 1 is 1.55 bits per heavy atom. The molecule has 6 heteroatoms. The van der Waals surface area contributed by atoms with Crippen LogP contribution in [0.3, 0.4) is 0 Å². The van der Waals surface area contributed by atoms with Crippen molar-refractivity contribution in [3.63, 3.8) is 0 Å². The highest BCUT2D eigenvalue weighted by molar-refractivity contribution is 5.95. The topological polar surface area (TPSA) is 77.7 Å². The predicted molar refractivity (Wildman–Crippen MR) is 74.7 cm³/mol. The number of carbonyl (C=O) groups excluding carboxylic acids is 1. The number of carbonyl (C=O) groups is 1. The molecule has 1 saturated heterocycles. The number of aromatic nitrogens is 1. The number of hydrogen-bond acceptors (Lipinski definition) is 6. The van der Waals surface area contributed by atoms with E-state index in [4.69, 9.17) is 15.2 Å². The Morgan fingerprint density at radius 3 is 3.20 bits per heavy atom. The van der Waals surface area contributed by atoms with Crippen molar-refractivity contribution in [2.45, 2.75) is 31.4 Å². The van der Waals surface area contributed by atoms with Crippen molar-refractivity contribution >= 4 is 17.5 Å². The van der Waals surface area contributed by atoms with Crippen molar-refractivity contribution in [2.75, 3.05) is 30.9 Å². The Morgan fingerprint density at radius 2 is 2.40 bits per heavy atom. The highest BCUT2D eigenvalue weighted by atomic mass is 16.5. The fourth-order valence-electron chi connectivity index (χ4n) is 3.15. The second-order valence-electron chi connectivity index (χ2n) is 5.23. The summed E-state index contributed by atoms with van der Waals surface area (Å²) in [5.74, 6) is 0.257. The van der Waals surface area contributed by atoms with E-state index in [0.717, 1.165) is 25.8 Å². The molecule has 6 nitrogen and oxygen atoms in total. The Labute approximate surface area is 117 Å². The molecule has 2 fully saturated rings. The van der Waals surface area contributed by atoms with Gasteiger partial charge in [0.15, 0.2) is 0 Å². The summed E-state index contributed by atoms with van der Waals surface area (Å²) in [5.41, 5.74) is 6.64. The minimum absolute atomic E-state index is 0.244. The molecule has 1 aromatic heterocycles. The minimum Gasteiger partial charge on any atom is -0.465 e. The first-order valence-corrected chi connectivity index (χ1v) is 6.93. The number of esters is 1. The monoisotopic (exact) mass is 277 g/mol. The summed E-state index contributed by atoms with van der Waals surface area (Å²) in [4.78, 5) is 18.5. The van der Waals surface area contributed by atoms with Crippen LogP contribution in [0.15, 0.2) is 12.3 Å². The molecule has 2 unspecified atom stereocenters. The van der Waals surface area contributed by atoms with E-state index in [0.29, 0.717) is 29.7 Å². The van der Waals surface area contributed by atoms with Gasteiger partial charge in [0.25, 0.3) is 0 Å². The van der Waals surface area contributed by atoms with Gasteiger partial charge in [0, 0.05) is 6.54 Å². The summed E-state index contributed by atoms with van der Waals surface area (Å²) in [7, 11) is 1.37. The SMILES string of the molecule is COC(=O)c1cc(N)cnc1N1CCOC2CCCC21. The van der Waals surface area contributed by atoms with Crippen LogP contribution < -0.4 is 10.6 Å². The lowest BCUT2D eigenvalue weighted by Crippen LogP contribution is -2.49. The number of nitrogen functional groups attached to an aromatic ring is 1. The molecule has 2 N–H and O–H groups in total. The first kappa shape index (κ1) is 13.2. The van der Waals surface area contributed by atoms with Gasteiger partial charge < -0.3 is 20.1 Å². The van der Waals surface area contributed by atoms with E-state index >= 15 is 0 Å². The summed E-state index contributed by atoms with van der Waals surface area (Å²) in [6.07, 6.45) is 5.12. The van der Waals surface area contributed by atoms with Crippen LogP contribution in [0.2, 0.25) is 0 Å². The molecule has 0 aromatic carbocycles. The Balaban J connectivity index is 1.98. The lowest BCUT2D eigenvalue weighted by molar-refractivity contribution is 0.0251. The minimum atomic E-state index is -0.402. The fourth-order valence-corrected chi connectivity index (χ4v) is 3.15. The van der Waals surface area contributed by atoms with E-state index in [9.17, 15) is 4.79 Å². The van der Waals surface area contributed by atoms with Gasteiger partial charge in [0.2, 0.25) is 0 Å². The van der Waals surface area contributed by atoms with Crippen LogP contribution in [0.5, 0.6) is 0 Å². The number of pyridine rings is 1. The molecule has 1 saturated carbocycles. The zero-order valence-corrected chi connectivity index (χ0v) is 11.5. The average Bonchev–Trinajstić information content (AvgIpc) is 2.95. The molecule has 108 valence electrons. The zero-order valence-electron chi connectivity index (χ0n) is 11.5. The summed E-state index contributed by atoms with van der Waals surface area (Å²) >= 11 is 0. The number of nitrogens with zero attached hydrogens (tertiary/aromatic N) is 2. The molecule has 1 aliphatic carbocycles. The Bertz CT molecular complexity index is 520. The van der Waals surface area contributed by atoms with E-state index in [2.05, 4.69) is 9.88 Å². The van der Waals surface area contributed by atoms with E-state index in [1.807, 2.05) is 0 Å². The van der Waals surface area contributed by atoms with Crippen molar-refractivity contribution in [3.8, 4) is 0 Å². The molecular weight excluding hydrogens is 258 g/mol. The van der Waals surface area contributed by atoms with Crippen LogP contribution in [0.4, 0.5) is 11.5 Å². The smallest absolute Gasteiger partial charge is 0.341 e. The van der Waals surface area contributed by atoms with E-state index in [1.54, 1.807) is 12.3 Å². The van der Waals surface area contributed by atoms with Gasteiger partial charge in [0.05, 0.1) is 37.7 Å². The summed E-state index contributed by atoms with van der Waals surface area (Å²) in [6.45, 7) is 1.40. The molecule has 2 atom stereocenters. The molecule has 2 aliphatic rings. The molecule has 0 radical (unpaired) electrons. The molecular formula is C14H19N3O3. The standard InChI is InChI=1S/C14H19N3O3/c1-19-14(18)10-7-9(15)8-16-13(10)17-5-6-20-12-4-2-3-11(12)17/h7-8,11-12H,2-6,15H2,1H3. The number of anilines is 2. The lowest BCUT2D eigenvalue weighted by atomic mass is 10.1. The molecule has 0 amide bonds. The highest BCUT2D eigenvalue weighted by Crippen LogP contribution is 2.34. The fraction of sp³-hybridized carbons (Fsp3) is 0.571. The zero-order chi connectivity index (χ0) is 14.1. The molecule has 0 bridgehead atoms. The molecule has 2 heterocycles. The highest BCUT2D eigenvalue weighted by Gasteiger charge is 2.38. The molecule has 0 spiro atoms. The van der Waals surface area contributed by atoms with Crippen LogP contribution in [-0.2, 0) is 9.47 Å². The summed E-state index contributed by atoms with van der Waals surface area (Å²) in [5, 5.41) is 0. The van der Waals surface area contributed by atoms with Crippen LogP contribution in [0, 0.1) is 0 Å². The largest absolute Gasteiger partial charge is 0.465 e. The number of hydrogen-bond donors (Lipinski definition) is 1. The maximum Gasteiger partial charge on any atom is 0.341 e. The van der Waals surface area contributed by atoms with Crippen molar-refractivity contribution in [2.24, 2.45) is 0 Å². The second-order valence-corrected chi connectivity index (χ2v) is 5.23. The van der Waals surface area contributed by atoms with Gasteiger partial charge in [-0.1, -0.05) is 0 Å². The van der Waals surface area contributed by atoms with Gasteiger partial charge in [-0.25, -0.2) is 9.78 Å². The first-order chi connectivity index (χ1) is 9.70. The van der Waals surface area contributed by atoms with Crippen LogP contribution in [0.1, 0.15) is 29.6 Å². The summed E-state index contributed by atoms with van der Waals surface area (Å²) < 4.78 is 10.6. The number of morpholine rings is 1. The number of fused-ring (bicyclic) bond motifs is 1. The molecule has 20 heavy (non-hydrogen) atoms. The van der Waals surface area contributed by atoms with Crippen molar-refractivity contribution in [3.05, 3.63) is 17.8 Å². The van der Waals surface area contributed by atoms with E-state index < -0.39 is 5.97 Å². The number of methoxy groups -OCH3 is 1. The molecule has 1 aromatic rings. The average molecular weight is 277 g/mol. The van der Waals surface area contributed by atoms with Crippen LogP contribution in [0.25, 0.3) is 0 Å². The molecule has 1 aliphatic heterocycles. The van der Waals surface area contributed by atoms with E-state index in [-0.39, 0.29) is 6.10 Å². The number of nitrogens with two attached hydrogens (primary N) is 1. The number of rotatable bonds is 2. The molecule has 3 rings (SSSR count). The lowest BCUT2D eigenvalue weighted by Gasteiger charge is -2.39. The third-order valence-corrected chi connectivity index (χ3v) is 4.05. The van der Waals surface area contributed by atoms with Gasteiger partial charge in [-0.15, -0.1) is 0 Å². The van der Waals surface area contributed by atoms with Crippen molar-refractivity contribution in [1.29, 1.82) is 0 Å². The van der Waals surface area contributed by atoms with Gasteiger partial charge in [-0.2, -0.15) is 0 Å². The Hall–Kier alpha value is -1.82. The van der Waals surface area contributed by atoms with Gasteiger partial charge in [-0.3, -0.25) is 0 Å². The van der Waals surface area contributed by atoms with Crippen molar-refractivity contribution in [1.82, 2.24) is 4.98 Å². The van der Waals surface area contributed by atoms with E-state index in [1.165, 1.54) is 7.11 Å². The van der Waals surface area contributed by atoms with Crippen molar-refractivity contribution < 1.29 is 14.3 Å². The quantitative estimate of drug-likeness (QED) is 0.819. The van der Waals surface area contributed by atoms with Gasteiger partial charge in [0.1, 0.15) is 11.4 Å².